The molecule has 6 heteroatoms. The summed E-state index contributed by atoms with van der Waals surface area (Å²) < 4.78 is 0. The van der Waals surface area contributed by atoms with Crippen LogP contribution in [0.1, 0.15) is 12.8 Å². The Morgan fingerprint density at radius 3 is 2.88 bits per heavy atom. The first-order valence-electron chi connectivity index (χ1n) is 5.23. The average Bonchev–Trinajstić information content (AvgIpc) is 2.34. The lowest BCUT2D eigenvalue weighted by atomic mass is 10.1. The minimum Gasteiger partial charge on any atom is -0.305 e. The summed E-state index contributed by atoms with van der Waals surface area (Å²) in [6, 6.07) is 5.23. The first-order valence-corrected chi connectivity index (χ1v) is 5.23. The van der Waals surface area contributed by atoms with Gasteiger partial charge in [0.1, 0.15) is 11.5 Å². The normalized spacial score (nSPS) is 15.5. The molecule has 2 rings (SSSR count). The van der Waals surface area contributed by atoms with Gasteiger partial charge in [-0.15, -0.1) is 0 Å². The molecule has 0 bridgehead atoms. The van der Waals surface area contributed by atoms with Crippen molar-refractivity contribution in [1.29, 1.82) is 0 Å². The van der Waals surface area contributed by atoms with Crippen molar-refractivity contribution in [2.24, 2.45) is 5.10 Å². The van der Waals surface area contributed by atoms with Gasteiger partial charge in [0, 0.05) is 26.1 Å². The maximum absolute atomic E-state index is 11.8. The van der Waals surface area contributed by atoms with Crippen LogP contribution < -0.4 is 5.32 Å². The fraction of sp³-hybridized carbons (Fsp3) is 0.273. The summed E-state index contributed by atoms with van der Waals surface area (Å²) in [5.74, 6) is 0.0715. The SMILES string of the molecule is CN1N=C(C(=O)Nc2ccccn2)CCC1=O. The van der Waals surface area contributed by atoms with Crippen molar-refractivity contribution in [3.8, 4) is 0 Å². The number of aromatic nitrogens is 1. The highest BCUT2D eigenvalue weighted by Crippen LogP contribution is 2.09. The molecule has 2 heterocycles. The highest BCUT2D eigenvalue weighted by Gasteiger charge is 2.21. The summed E-state index contributed by atoms with van der Waals surface area (Å²) in [5.41, 5.74) is 0.345. The van der Waals surface area contributed by atoms with Crippen LogP contribution in [0.2, 0.25) is 0 Å². The number of carbonyl (C=O) groups excluding carboxylic acids is 2. The van der Waals surface area contributed by atoms with E-state index in [2.05, 4.69) is 15.4 Å². The Hall–Kier alpha value is -2.24. The third kappa shape index (κ3) is 2.66. The minimum absolute atomic E-state index is 0.0839. The summed E-state index contributed by atoms with van der Waals surface area (Å²) in [6.45, 7) is 0. The Balaban J connectivity index is 2.07. The third-order valence-electron chi connectivity index (χ3n) is 2.38. The van der Waals surface area contributed by atoms with E-state index in [1.54, 1.807) is 24.4 Å². The molecule has 0 spiro atoms. The second-order valence-corrected chi connectivity index (χ2v) is 3.63. The molecule has 1 N–H and O–H groups in total. The van der Waals surface area contributed by atoms with Crippen LogP contribution in [0.3, 0.4) is 0 Å². The number of rotatable bonds is 2. The lowest BCUT2D eigenvalue weighted by molar-refractivity contribution is -0.130. The predicted octanol–water partition coefficient (Wildman–Crippen LogP) is 0.628. The van der Waals surface area contributed by atoms with Gasteiger partial charge in [0.05, 0.1) is 0 Å². The first kappa shape index (κ1) is 11.3. The van der Waals surface area contributed by atoms with E-state index in [0.717, 1.165) is 0 Å². The molecule has 1 aromatic heterocycles. The Morgan fingerprint density at radius 1 is 1.41 bits per heavy atom. The molecular weight excluding hydrogens is 220 g/mol. The zero-order chi connectivity index (χ0) is 12.3. The average molecular weight is 232 g/mol. The van der Waals surface area contributed by atoms with E-state index < -0.39 is 0 Å². The molecule has 0 aromatic carbocycles. The van der Waals surface area contributed by atoms with Crippen LogP contribution in [0.5, 0.6) is 0 Å². The maximum atomic E-state index is 11.8. The van der Waals surface area contributed by atoms with Gasteiger partial charge in [-0.05, 0) is 12.1 Å². The van der Waals surface area contributed by atoms with E-state index in [-0.39, 0.29) is 11.8 Å². The molecular formula is C11H12N4O2. The molecule has 17 heavy (non-hydrogen) atoms. The van der Waals surface area contributed by atoms with Crippen molar-refractivity contribution in [3.63, 3.8) is 0 Å². The van der Waals surface area contributed by atoms with Gasteiger partial charge in [-0.2, -0.15) is 5.10 Å². The molecule has 0 fully saturated rings. The molecule has 0 saturated carbocycles. The number of hydrogen-bond acceptors (Lipinski definition) is 4. The van der Waals surface area contributed by atoms with E-state index in [0.29, 0.717) is 24.4 Å². The van der Waals surface area contributed by atoms with Gasteiger partial charge >= 0.3 is 0 Å². The van der Waals surface area contributed by atoms with Crippen molar-refractivity contribution < 1.29 is 9.59 Å². The monoisotopic (exact) mass is 232 g/mol. The van der Waals surface area contributed by atoms with Crippen LogP contribution in [0.25, 0.3) is 0 Å². The number of nitrogens with zero attached hydrogens (tertiary/aromatic N) is 3. The molecule has 0 saturated heterocycles. The Bertz CT molecular complexity index is 470. The zero-order valence-corrected chi connectivity index (χ0v) is 9.38. The number of pyridine rings is 1. The number of anilines is 1. The summed E-state index contributed by atoms with van der Waals surface area (Å²) in [7, 11) is 1.54. The van der Waals surface area contributed by atoms with E-state index in [9.17, 15) is 9.59 Å². The molecule has 6 nitrogen and oxygen atoms in total. The lowest BCUT2D eigenvalue weighted by Gasteiger charge is -2.18. The fourth-order valence-electron chi connectivity index (χ4n) is 1.46. The van der Waals surface area contributed by atoms with Gasteiger partial charge in [0.2, 0.25) is 5.91 Å². The molecule has 1 aliphatic rings. The summed E-state index contributed by atoms with van der Waals surface area (Å²) in [6.07, 6.45) is 2.26. The van der Waals surface area contributed by atoms with Crippen molar-refractivity contribution in [1.82, 2.24) is 9.99 Å². The number of hydrogen-bond donors (Lipinski definition) is 1. The van der Waals surface area contributed by atoms with Gasteiger partial charge in [-0.25, -0.2) is 9.99 Å². The number of nitrogens with one attached hydrogen (secondary N) is 1. The Morgan fingerprint density at radius 2 is 2.24 bits per heavy atom. The second kappa shape index (κ2) is 4.73. The van der Waals surface area contributed by atoms with Crippen molar-refractivity contribution in [2.45, 2.75) is 12.8 Å². The van der Waals surface area contributed by atoms with E-state index in [4.69, 9.17) is 0 Å². The summed E-state index contributed by atoms with van der Waals surface area (Å²) >= 11 is 0. The highest BCUT2D eigenvalue weighted by atomic mass is 16.2. The van der Waals surface area contributed by atoms with Crippen LogP contribution >= 0.6 is 0 Å². The fourth-order valence-corrected chi connectivity index (χ4v) is 1.46. The topological polar surface area (TPSA) is 74.7 Å². The second-order valence-electron chi connectivity index (χ2n) is 3.63. The predicted molar refractivity (Wildman–Crippen MR) is 62.3 cm³/mol. The molecule has 1 aromatic rings. The van der Waals surface area contributed by atoms with Crippen LogP contribution in [0.15, 0.2) is 29.5 Å². The molecule has 88 valence electrons. The molecule has 0 radical (unpaired) electrons. The lowest BCUT2D eigenvalue weighted by Crippen LogP contribution is -2.34. The van der Waals surface area contributed by atoms with Crippen molar-refractivity contribution in [2.75, 3.05) is 12.4 Å². The molecule has 1 aliphatic heterocycles. The van der Waals surface area contributed by atoms with Crippen LogP contribution in [-0.2, 0) is 9.59 Å². The van der Waals surface area contributed by atoms with Crippen molar-refractivity contribution >= 4 is 23.3 Å². The standard InChI is InChI=1S/C11H12N4O2/c1-15-10(16)6-5-8(14-15)11(17)13-9-4-2-3-7-12-9/h2-4,7H,5-6H2,1H3,(H,12,13,17). The van der Waals surface area contributed by atoms with Gasteiger partial charge in [0.25, 0.3) is 5.91 Å². The van der Waals surface area contributed by atoms with Gasteiger partial charge in [-0.3, -0.25) is 9.59 Å². The van der Waals surface area contributed by atoms with Gasteiger partial charge in [0.15, 0.2) is 0 Å². The number of amides is 2. The molecule has 2 amide bonds. The van der Waals surface area contributed by atoms with E-state index >= 15 is 0 Å². The summed E-state index contributed by atoms with van der Waals surface area (Å²) in [5, 5.41) is 7.74. The van der Waals surface area contributed by atoms with Gasteiger partial charge < -0.3 is 5.32 Å². The van der Waals surface area contributed by atoms with Gasteiger partial charge in [-0.1, -0.05) is 6.07 Å². The summed E-state index contributed by atoms with van der Waals surface area (Å²) in [4.78, 5) is 27.0. The molecule has 0 atom stereocenters. The Labute approximate surface area is 98.3 Å². The first-order chi connectivity index (χ1) is 8.16. The smallest absolute Gasteiger partial charge is 0.273 e. The highest BCUT2D eigenvalue weighted by molar-refractivity contribution is 6.43. The number of hydrazone groups is 1. The van der Waals surface area contributed by atoms with E-state index in [1.807, 2.05) is 0 Å². The number of carbonyl (C=O) groups is 2. The quantitative estimate of drug-likeness (QED) is 0.812. The minimum atomic E-state index is -0.317. The van der Waals surface area contributed by atoms with Crippen molar-refractivity contribution in [3.05, 3.63) is 24.4 Å². The maximum Gasteiger partial charge on any atom is 0.273 e. The Kier molecular flexibility index (Phi) is 3.13. The van der Waals surface area contributed by atoms with Crippen LogP contribution in [0, 0.1) is 0 Å². The van der Waals surface area contributed by atoms with E-state index in [1.165, 1.54) is 12.1 Å². The zero-order valence-electron chi connectivity index (χ0n) is 9.38. The third-order valence-corrected chi connectivity index (χ3v) is 2.38. The molecule has 0 aliphatic carbocycles. The molecule has 0 unspecified atom stereocenters. The van der Waals surface area contributed by atoms with Crippen LogP contribution in [-0.4, -0.2) is 34.6 Å². The largest absolute Gasteiger partial charge is 0.305 e. The van der Waals surface area contributed by atoms with Crippen LogP contribution in [0.4, 0.5) is 5.82 Å².